The molecule has 3 rings (SSSR count). The van der Waals surface area contributed by atoms with Crippen molar-refractivity contribution in [1.29, 1.82) is 0 Å². The molecule has 0 fully saturated rings. The second-order valence-corrected chi connectivity index (χ2v) is 8.79. The number of nitrogens with one attached hydrogen (secondary N) is 1. The van der Waals surface area contributed by atoms with E-state index in [1.807, 2.05) is 73.3 Å². The first-order valence-corrected chi connectivity index (χ1v) is 11.1. The average molecular weight is 429 g/mol. The van der Waals surface area contributed by atoms with Gasteiger partial charge in [-0.25, -0.2) is 0 Å². The number of amides is 1. The van der Waals surface area contributed by atoms with Crippen LogP contribution in [0.3, 0.4) is 0 Å². The molecule has 1 N–H and O–H groups in total. The zero-order valence-electron chi connectivity index (χ0n) is 16.7. The quantitative estimate of drug-likeness (QED) is 0.493. The van der Waals surface area contributed by atoms with Crippen LogP contribution in [-0.2, 0) is 11.3 Å². The molecule has 3 aromatic rings. The van der Waals surface area contributed by atoms with Gasteiger partial charge in [0.25, 0.3) is 0 Å². The molecule has 0 aliphatic heterocycles. The Hall–Kier alpha value is -2.58. The molecule has 0 spiro atoms. The Bertz CT molecular complexity index is 931. The first-order chi connectivity index (χ1) is 14.1. The van der Waals surface area contributed by atoms with Crippen LogP contribution in [0.25, 0.3) is 0 Å². The maximum absolute atomic E-state index is 12.8. The Morgan fingerprint density at radius 1 is 1.14 bits per heavy atom. The highest BCUT2D eigenvalue weighted by molar-refractivity contribution is 8.01. The molecule has 2 aromatic carbocycles. The summed E-state index contributed by atoms with van der Waals surface area (Å²) < 4.78 is 6.09. The van der Waals surface area contributed by atoms with Crippen molar-refractivity contribution in [3.63, 3.8) is 0 Å². The number of anilines is 2. The number of carbonyl (C=O) groups excluding carboxylic acids is 1. The van der Waals surface area contributed by atoms with Crippen molar-refractivity contribution < 1.29 is 9.53 Å². The van der Waals surface area contributed by atoms with E-state index < -0.39 is 0 Å². The lowest BCUT2D eigenvalue weighted by Gasteiger charge is -2.26. The number of carbonyl (C=O) groups is 1. The molecule has 8 heteroatoms. The van der Waals surface area contributed by atoms with Gasteiger partial charge in [0.15, 0.2) is 4.34 Å². The topological polar surface area (TPSA) is 67.3 Å². The van der Waals surface area contributed by atoms with Crippen LogP contribution in [0.2, 0.25) is 0 Å². The van der Waals surface area contributed by atoms with Gasteiger partial charge in [0.2, 0.25) is 11.0 Å². The predicted octanol–water partition coefficient (Wildman–Crippen LogP) is 4.82. The van der Waals surface area contributed by atoms with Crippen molar-refractivity contribution in [1.82, 2.24) is 15.1 Å². The number of nitrogens with zero attached hydrogens (tertiary/aromatic N) is 3. The second kappa shape index (κ2) is 10.3. The fourth-order valence-corrected chi connectivity index (χ4v) is 4.38. The Labute approximate surface area is 179 Å². The van der Waals surface area contributed by atoms with Gasteiger partial charge in [-0.3, -0.25) is 4.79 Å². The lowest BCUT2D eigenvalue weighted by atomic mass is 10.2. The maximum Gasteiger partial charge on any atom is 0.233 e. The Balaban J connectivity index is 1.58. The summed E-state index contributed by atoms with van der Waals surface area (Å²) in [6.45, 7) is 4.67. The standard InChI is InChI=1S/C21H24N4O2S2/c1-15(2)25(13-16-9-5-4-6-10-16)19(26)14-28-21-24-23-20(29-21)22-17-11-7-8-12-18(17)27-3/h4-12,15H,13-14H2,1-3H3,(H,22,23). The monoisotopic (exact) mass is 428 g/mol. The third kappa shape index (κ3) is 5.95. The van der Waals surface area contributed by atoms with Gasteiger partial charge in [-0.1, -0.05) is 65.6 Å². The van der Waals surface area contributed by atoms with Gasteiger partial charge in [0.1, 0.15) is 5.75 Å². The zero-order valence-corrected chi connectivity index (χ0v) is 18.3. The number of hydrogen-bond donors (Lipinski definition) is 1. The fourth-order valence-electron chi connectivity index (χ4n) is 2.73. The third-order valence-corrected chi connectivity index (χ3v) is 6.17. The molecule has 0 saturated carbocycles. The number of para-hydroxylation sites is 2. The molecule has 0 aliphatic rings. The number of aromatic nitrogens is 2. The number of benzene rings is 2. The lowest BCUT2D eigenvalue weighted by Crippen LogP contribution is -2.37. The van der Waals surface area contributed by atoms with Gasteiger partial charge in [-0.2, -0.15) is 0 Å². The van der Waals surface area contributed by atoms with Gasteiger partial charge in [-0.15, -0.1) is 10.2 Å². The summed E-state index contributed by atoms with van der Waals surface area (Å²) in [4.78, 5) is 14.7. The van der Waals surface area contributed by atoms with Crippen LogP contribution < -0.4 is 10.1 Å². The molecular formula is C21H24N4O2S2. The highest BCUT2D eigenvalue weighted by atomic mass is 32.2. The van der Waals surface area contributed by atoms with Crippen LogP contribution in [-0.4, -0.2) is 39.9 Å². The predicted molar refractivity (Wildman–Crippen MR) is 119 cm³/mol. The molecule has 0 saturated heterocycles. The summed E-state index contributed by atoms with van der Waals surface area (Å²) in [5.41, 5.74) is 1.95. The van der Waals surface area contributed by atoms with E-state index in [2.05, 4.69) is 15.5 Å². The van der Waals surface area contributed by atoms with Crippen LogP contribution in [0.4, 0.5) is 10.8 Å². The van der Waals surface area contributed by atoms with Crippen molar-refractivity contribution in [3.05, 3.63) is 60.2 Å². The SMILES string of the molecule is COc1ccccc1Nc1nnc(SCC(=O)N(Cc2ccccc2)C(C)C)s1. The highest BCUT2D eigenvalue weighted by Crippen LogP contribution is 2.31. The molecule has 0 unspecified atom stereocenters. The van der Waals surface area contributed by atoms with E-state index >= 15 is 0 Å². The van der Waals surface area contributed by atoms with E-state index in [1.54, 1.807) is 7.11 Å². The van der Waals surface area contributed by atoms with Crippen molar-refractivity contribution in [3.8, 4) is 5.75 Å². The minimum Gasteiger partial charge on any atom is -0.495 e. The van der Waals surface area contributed by atoms with Crippen molar-refractivity contribution in [2.75, 3.05) is 18.2 Å². The van der Waals surface area contributed by atoms with Crippen molar-refractivity contribution >= 4 is 39.8 Å². The number of thioether (sulfide) groups is 1. The summed E-state index contributed by atoms with van der Waals surface area (Å²) in [6, 6.07) is 17.8. The van der Waals surface area contributed by atoms with E-state index in [0.29, 0.717) is 17.4 Å². The number of rotatable bonds is 9. The summed E-state index contributed by atoms with van der Waals surface area (Å²) in [5, 5.41) is 12.2. The van der Waals surface area contributed by atoms with E-state index in [1.165, 1.54) is 23.1 Å². The number of methoxy groups -OCH3 is 1. The van der Waals surface area contributed by atoms with Crippen molar-refractivity contribution in [2.45, 2.75) is 30.8 Å². The minimum atomic E-state index is 0.0864. The molecule has 152 valence electrons. The first kappa shape index (κ1) is 21.1. The number of hydrogen-bond acceptors (Lipinski definition) is 7. The second-order valence-electron chi connectivity index (χ2n) is 6.59. The Kier molecular flexibility index (Phi) is 7.48. The van der Waals surface area contributed by atoms with E-state index in [4.69, 9.17) is 4.74 Å². The molecule has 0 bridgehead atoms. The van der Waals surface area contributed by atoms with Gasteiger partial charge in [0, 0.05) is 12.6 Å². The van der Waals surface area contributed by atoms with Crippen LogP contribution in [0.15, 0.2) is 58.9 Å². The van der Waals surface area contributed by atoms with E-state index in [-0.39, 0.29) is 11.9 Å². The maximum atomic E-state index is 12.8. The van der Waals surface area contributed by atoms with Crippen LogP contribution in [0, 0.1) is 0 Å². The zero-order chi connectivity index (χ0) is 20.6. The summed E-state index contributed by atoms with van der Waals surface area (Å²) >= 11 is 2.82. The highest BCUT2D eigenvalue weighted by Gasteiger charge is 2.18. The van der Waals surface area contributed by atoms with Crippen LogP contribution in [0.5, 0.6) is 5.75 Å². The molecule has 6 nitrogen and oxygen atoms in total. The van der Waals surface area contributed by atoms with E-state index in [9.17, 15) is 4.79 Å². The molecule has 1 aromatic heterocycles. The third-order valence-electron chi connectivity index (χ3n) is 4.21. The largest absolute Gasteiger partial charge is 0.495 e. The molecule has 1 amide bonds. The summed E-state index contributed by atoms with van der Waals surface area (Å²) in [6.07, 6.45) is 0. The molecule has 1 heterocycles. The first-order valence-electron chi connectivity index (χ1n) is 9.26. The van der Waals surface area contributed by atoms with Crippen LogP contribution >= 0.6 is 23.1 Å². The molecule has 0 radical (unpaired) electrons. The Morgan fingerprint density at radius 2 is 1.86 bits per heavy atom. The summed E-state index contributed by atoms with van der Waals surface area (Å²) in [5.74, 6) is 1.15. The van der Waals surface area contributed by atoms with Crippen LogP contribution in [0.1, 0.15) is 19.4 Å². The van der Waals surface area contributed by atoms with Gasteiger partial charge >= 0.3 is 0 Å². The van der Waals surface area contributed by atoms with Crippen molar-refractivity contribution in [2.24, 2.45) is 0 Å². The number of ether oxygens (including phenoxy) is 1. The average Bonchev–Trinajstić information content (AvgIpc) is 3.18. The smallest absolute Gasteiger partial charge is 0.233 e. The molecule has 29 heavy (non-hydrogen) atoms. The minimum absolute atomic E-state index is 0.0864. The molecule has 0 aliphatic carbocycles. The van der Waals surface area contributed by atoms with Gasteiger partial charge in [0.05, 0.1) is 18.6 Å². The summed E-state index contributed by atoms with van der Waals surface area (Å²) in [7, 11) is 1.63. The van der Waals surface area contributed by atoms with E-state index in [0.717, 1.165) is 21.3 Å². The Morgan fingerprint density at radius 3 is 2.59 bits per heavy atom. The molecule has 0 atom stereocenters. The lowest BCUT2D eigenvalue weighted by molar-refractivity contribution is -0.130. The van der Waals surface area contributed by atoms with Gasteiger partial charge in [-0.05, 0) is 31.5 Å². The fraction of sp³-hybridized carbons (Fsp3) is 0.286. The molecular weight excluding hydrogens is 404 g/mol. The van der Waals surface area contributed by atoms with Gasteiger partial charge < -0.3 is 15.0 Å². The normalized spacial score (nSPS) is 10.8.